The summed E-state index contributed by atoms with van der Waals surface area (Å²) in [5.41, 5.74) is 2.09. The standard InChI is InChI=1S/C16H27FN2O/c1-13(2)7-9-19(3)16-6-5-15(17)11-14(16)12-18-8-10-20-4/h5-6,11,13,18H,7-10,12H2,1-4H3. The fourth-order valence-corrected chi connectivity index (χ4v) is 2.04. The second-order valence-corrected chi connectivity index (χ2v) is 5.55. The molecule has 114 valence electrons. The Balaban J connectivity index is 2.68. The summed E-state index contributed by atoms with van der Waals surface area (Å²) in [7, 11) is 3.74. The van der Waals surface area contributed by atoms with Gasteiger partial charge in [-0.1, -0.05) is 13.8 Å². The summed E-state index contributed by atoms with van der Waals surface area (Å²) in [5.74, 6) is 0.482. The topological polar surface area (TPSA) is 24.5 Å². The van der Waals surface area contributed by atoms with Gasteiger partial charge in [0.25, 0.3) is 0 Å². The Morgan fingerprint density at radius 2 is 2.10 bits per heavy atom. The summed E-state index contributed by atoms with van der Waals surface area (Å²) in [6, 6.07) is 5.00. The minimum atomic E-state index is -0.186. The third kappa shape index (κ3) is 5.88. The number of ether oxygens (including phenoxy) is 1. The van der Waals surface area contributed by atoms with Crippen LogP contribution in [0.3, 0.4) is 0 Å². The molecule has 0 saturated heterocycles. The zero-order chi connectivity index (χ0) is 15.0. The molecule has 0 spiro atoms. The highest BCUT2D eigenvalue weighted by molar-refractivity contribution is 5.53. The summed E-state index contributed by atoms with van der Waals surface area (Å²) in [6.07, 6.45) is 1.13. The number of halogens is 1. The maximum absolute atomic E-state index is 13.4. The minimum absolute atomic E-state index is 0.186. The summed E-state index contributed by atoms with van der Waals surface area (Å²) < 4.78 is 18.4. The van der Waals surface area contributed by atoms with Gasteiger partial charge >= 0.3 is 0 Å². The van der Waals surface area contributed by atoms with Crippen molar-refractivity contribution < 1.29 is 9.13 Å². The highest BCUT2D eigenvalue weighted by Crippen LogP contribution is 2.21. The number of nitrogens with zero attached hydrogens (tertiary/aromatic N) is 1. The van der Waals surface area contributed by atoms with E-state index in [1.165, 1.54) is 6.07 Å². The molecular formula is C16H27FN2O. The van der Waals surface area contributed by atoms with Gasteiger partial charge in [-0.3, -0.25) is 0 Å². The van der Waals surface area contributed by atoms with Gasteiger partial charge in [-0.05, 0) is 36.1 Å². The van der Waals surface area contributed by atoms with Crippen molar-refractivity contribution in [3.8, 4) is 0 Å². The van der Waals surface area contributed by atoms with E-state index in [2.05, 4.69) is 31.1 Å². The molecular weight excluding hydrogens is 255 g/mol. The molecule has 0 heterocycles. The van der Waals surface area contributed by atoms with Crippen LogP contribution in [0.1, 0.15) is 25.8 Å². The molecule has 0 unspecified atom stereocenters. The van der Waals surface area contributed by atoms with Crippen LogP contribution in [0.2, 0.25) is 0 Å². The number of methoxy groups -OCH3 is 1. The van der Waals surface area contributed by atoms with E-state index in [0.29, 0.717) is 19.1 Å². The normalized spacial score (nSPS) is 11.1. The van der Waals surface area contributed by atoms with E-state index >= 15 is 0 Å². The number of hydrogen-bond acceptors (Lipinski definition) is 3. The summed E-state index contributed by atoms with van der Waals surface area (Å²) in [4.78, 5) is 2.20. The van der Waals surface area contributed by atoms with Crippen LogP contribution < -0.4 is 10.2 Å². The Kier molecular flexibility index (Phi) is 7.55. The molecule has 0 radical (unpaired) electrons. The third-order valence-electron chi connectivity index (χ3n) is 3.29. The molecule has 0 fully saturated rings. The average molecular weight is 282 g/mol. The van der Waals surface area contributed by atoms with E-state index in [1.54, 1.807) is 13.2 Å². The molecule has 0 aliphatic heterocycles. The van der Waals surface area contributed by atoms with E-state index in [4.69, 9.17) is 4.74 Å². The predicted molar refractivity (Wildman–Crippen MR) is 82.7 cm³/mol. The van der Waals surface area contributed by atoms with Gasteiger partial charge in [0.1, 0.15) is 5.82 Å². The maximum Gasteiger partial charge on any atom is 0.123 e. The van der Waals surface area contributed by atoms with Crippen molar-refractivity contribution in [3.05, 3.63) is 29.6 Å². The van der Waals surface area contributed by atoms with Crippen molar-refractivity contribution in [2.75, 3.05) is 38.8 Å². The second-order valence-electron chi connectivity index (χ2n) is 5.55. The van der Waals surface area contributed by atoms with Gasteiger partial charge in [-0.2, -0.15) is 0 Å². The van der Waals surface area contributed by atoms with Gasteiger partial charge < -0.3 is 15.0 Å². The van der Waals surface area contributed by atoms with E-state index in [1.807, 2.05) is 6.07 Å². The number of anilines is 1. The van der Waals surface area contributed by atoms with Crippen molar-refractivity contribution in [2.45, 2.75) is 26.8 Å². The Bertz CT molecular complexity index is 396. The molecule has 0 amide bonds. The Morgan fingerprint density at radius 3 is 2.75 bits per heavy atom. The fraction of sp³-hybridized carbons (Fsp3) is 0.625. The summed E-state index contributed by atoms with van der Waals surface area (Å²) in [5, 5.41) is 3.27. The first kappa shape index (κ1) is 16.9. The fourth-order valence-electron chi connectivity index (χ4n) is 2.04. The first-order valence-electron chi connectivity index (χ1n) is 7.23. The number of rotatable bonds is 9. The zero-order valence-corrected chi connectivity index (χ0v) is 13.1. The van der Waals surface area contributed by atoms with Gasteiger partial charge in [0.15, 0.2) is 0 Å². The SMILES string of the molecule is COCCNCc1cc(F)ccc1N(C)CCC(C)C. The van der Waals surface area contributed by atoms with E-state index < -0.39 is 0 Å². The van der Waals surface area contributed by atoms with Crippen LogP contribution in [0.25, 0.3) is 0 Å². The van der Waals surface area contributed by atoms with Crippen LogP contribution in [0.4, 0.5) is 10.1 Å². The van der Waals surface area contributed by atoms with Crippen molar-refractivity contribution >= 4 is 5.69 Å². The smallest absolute Gasteiger partial charge is 0.123 e. The van der Waals surface area contributed by atoms with Crippen molar-refractivity contribution in [1.82, 2.24) is 5.32 Å². The van der Waals surface area contributed by atoms with Crippen LogP contribution in [0, 0.1) is 11.7 Å². The van der Waals surface area contributed by atoms with Crippen LogP contribution in [-0.4, -0.2) is 33.9 Å². The van der Waals surface area contributed by atoms with Crippen molar-refractivity contribution in [3.63, 3.8) is 0 Å². The number of hydrogen-bond donors (Lipinski definition) is 1. The van der Waals surface area contributed by atoms with Crippen LogP contribution in [-0.2, 0) is 11.3 Å². The molecule has 1 N–H and O–H groups in total. The van der Waals surface area contributed by atoms with Crippen molar-refractivity contribution in [1.29, 1.82) is 0 Å². The molecule has 0 aliphatic rings. The lowest BCUT2D eigenvalue weighted by atomic mass is 10.1. The third-order valence-corrected chi connectivity index (χ3v) is 3.29. The number of benzene rings is 1. The molecule has 0 atom stereocenters. The molecule has 0 aliphatic carbocycles. The zero-order valence-electron chi connectivity index (χ0n) is 13.1. The maximum atomic E-state index is 13.4. The van der Waals surface area contributed by atoms with Crippen LogP contribution in [0.5, 0.6) is 0 Å². The Morgan fingerprint density at radius 1 is 1.35 bits per heavy atom. The minimum Gasteiger partial charge on any atom is -0.383 e. The average Bonchev–Trinajstić information content (AvgIpc) is 2.41. The van der Waals surface area contributed by atoms with Gasteiger partial charge in [0.05, 0.1) is 6.61 Å². The lowest BCUT2D eigenvalue weighted by molar-refractivity contribution is 0.199. The number of nitrogens with one attached hydrogen (secondary N) is 1. The van der Waals surface area contributed by atoms with Gasteiger partial charge in [-0.25, -0.2) is 4.39 Å². The van der Waals surface area contributed by atoms with Gasteiger partial charge in [0, 0.05) is 39.5 Å². The summed E-state index contributed by atoms with van der Waals surface area (Å²) in [6.45, 7) is 7.49. The largest absolute Gasteiger partial charge is 0.383 e. The second kappa shape index (κ2) is 8.93. The molecule has 0 aromatic heterocycles. The van der Waals surface area contributed by atoms with Crippen LogP contribution in [0.15, 0.2) is 18.2 Å². The van der Waals surface area contributed by atoms with Gasteiger partial charge in [0.2, 0.25) is 0 Å². The lowest BCUT2D eigenvalue weighted by Gasteiger charge is -2.23. The predicted octanol–water partition coefficient (Wildman–Crippen LogP) is 3.04. The first-order valence-corrected chi connectivity index (χ1v) is 7.23. The first-order chi connectivity index (χ1) is 9.54. The van der Waals surface area contributed by atoms with Crippen LogP contribution >= 0.6 is 0 Å². The van der Waals surface area contributed by atoms with E-state index in [0.717, 1.165) is 30.8 Å². The van der Waals surface area contributed by atoms with Crippen molar-refractivity contribution in [2.24, 2.45) is 5.92 Å². The molecule has 1 rings (SSSR count). The highest BCUT2D eigenvalue weighted by atomic mass is 19.1. The molecule has 3 nitrogen and oxygen atoms in total. The molecule has 1 aromatic carbocycles. The molecule has 0 saturated carbocycles. The molecule has 0 bridgehead atoms. The Labute approximate surface area is 122 Å². The summed E-state index contributed by atoms with van der Waals surface area (Å²) >= 11 is 0. The molecule has 1 aromatic rings. The molecule has 20 heavy (non-hydrogen) atoms. The highest BCUT2D eigenvalue weighted by Gasteiger charge is 2.09. The monoisotopic (exact) mass is 282 g/mol. The quantitative estimate of drug-likeness (QED) is 0.705. The lowest BCUT2D eigenvalue weighted by Crippen LogP contribution is -2.24. The van der Waals surface area contributed by atoms with E-state index in [9.17, 15) is 4.39 Å². The van der Waals surface area contributed by atoms with Gasteiger partial charge in [-0.15, -0.1) is 0 Å². The molecule has 4 heteroatoms. The van der Waals surface area contributed by atoms with E-state index in [-0.39, 0.29) is 5.82 Å². The Hall–Kier alpha value is -1.13.